The van der Waals surface area contributed by atoms with Crippen LogP contribution in [0.5, 0.6) is 0 Å². The maximum absolute atomic E-state index is 6.31. The molecule has 0 spiro atoms. The Balaban J connectivity index is 2.02. The van der Waals surface area contributed by atoms with E-state index in [0.717, 1.165) is 25.0 Å². The Hall–Kier alpha value is -0.120. The highest BCUT2D eigenvalue weighted by molar-refractivity contribution is 4.96. The van der Waals surface area contributed by atoms with E-state index in [0.29, 0.717) is 5.92 Å². The molecule has 2 rings (SSSR count). The molecule has 2 fully saturated rings. The van der Waals surface area contributed by atoms with E-state index in [-0.39, 0.29) is 5.54 Å². The quantitative estimate of drug-likeness (QED) is 0.791. The van der Waals surface area contributed by atoms with E-state index in [2.05, 4.69) is 18.7 Å². The molecule has 3 heteroatoms. The van der Waals surface area contributed by atoms with E-state index >= 15 is 0 Å². The molecule has 2 N–H and O–H groups in total. The molecular formula is C18H36N2O. The van der Waals surface area contributed by atoms with Crippen LogP contribution in [0.3, 0.4) is 0 Å². The Morgan fingerprint density at radius 2 is 2.00 bits per heavy atom. The third-order valence-corrected chi connectivity index (χ3v) is 6.11. The minimum Gasteiger partial charge on any atom is -0.384 e. The zero-order chi connectivity index (χ0) is 15.3. The van der Waals surface area contributed by atoms with Crippen LogP contribution in [0.1, 0.15) is 58.8 Å². The summed E-state index contributed by atoms with van der Waals surface area (Å²) in [5, 5.41) is 0. The summed E-state index contributed by atoms with van der Waals surface area (Å²) in [5.41, 5.74) is 6.58. The van der Waals surface area contributed by atoms with Gasteiger partial charge in [-0.1, -0.05) is 26.7 Å². The molecule has 3 atom stereocenters. The molecule has 2 aliphatic rings. The van der Waals surface area contributed by atoms with Gasteiger partial charge in [0.25, 0.3) is 0 Å². The summed E-state index contributed by atoms with van der Waals surface area (Å²) in [7, 11) is 1.83. The van der Waals surface area contributed by atoms with Gasteiger partial charge < -0.3 is 10.5 Å². The normalized spacial score (nSPS) is 35.9. The fourth-order valence-corrected chi connectivity index (χ4v) is 4.60. The first-order chi connectivity index (χ1) is 10.1. The van der Waals surface area contributed by atoms with Crippen molar-refractivity contribution >= 4 is 0 Å². The first-order valence-corrected chi connectivity index (χ1v) is 9.05. The molecule has 3 unspecified atom stereocenters. The fourth-order valence-electron chi connectivity index (χ4n) is 4.60. The van der Waals surface area contributed by atoms with Crippen molar-refractivity contribution in [1.29, 1.82) is 0 Å². The van der Waals surface area contributed by atoms with E-state index in [1.54, 1.807) is 0 Å². The Labute approximate surface area is 131 Å². The minimum atomic E-state index is 0.274. The van der Waals surface area contributed by atoms with Crippen molar-refractivity contribution in [2.75, 3.05) is 33.4 Å². The maximum Gasteiger partial charge on any atom is 0.0502 e. The number of piperidine rings is 1. The van der Waals surface area contributed by atoms with Crippen LogP contribution in [-0.4, -0.2) is 43.8 Å². The molecule has 0 aromatic rings. The molecule has 0 radical (unpaired) electrons. The van der Waals surface area contributed by atoms with E-state index in [9.17, 15) is 0 Å². The third kappa shape index (κ3) is 4.20. The lowest BCUT2D eigenvalue weighted by molar-refractivity contribution is 0.0130. The van der Waals surface area contributed by atoms with Crippen molar-refractivity contribution in [3.63, 3.8) is 0 Å². The maximum atomic E-state index is 6.31. The second kappa shape index (κ2) is 7.94. The zero-order valence-electron chi connectivity index (χ0n) is 14.4. The highest BCUT2D eigenvalue weighted by Crippen LogP contribution is 2.38. The molecule has 1 saturated heterocycles. The van der Waals surface area contributed by atoms with Gasteiger partial charge in [-0.15, -0.1) is 0 Å². The van der Waals surface area contributed by atoms with Crippen LogP contribution in [-0.2, 0) is 4.74 Å². The molecule has 21 heavy (non-hydrogen) atoms. The third-order valence-electron chi connectivity index (χ3n) is 6.11. The highest BCUT2D eigenvalue weighted by Gasteiger charge is 2.39. The van der Waals surface area contributed by atoms with Crippen molar-refractivity contribution in [1.82, 2.24) is 4.90 Å². The van der Waals surface area contributed by atoms with Crippen molar-refractivity contribution in [2.45, 2.75) is 64.3 Å². The van der Waals surface area contributed by atoms with E-state index < -0.39 is 0 Å². The summed E-state index contributed by atoms with van der Waals surface area (Å²) in [5.74, 6) is 2.43. The first-order valence-electron chi connectivity index (χ1n) is 9.05. The van der Waals surface area contributed by atoms with Gasteiger partial charge in [0.15, 0.2) is 0 Å². The number of hydrogen-bond acceptors (Lipinski definition) is 3. The molecule has 0 amide bonds. The molecule has 1 aliphatic heterocycles. The van der Waals surface area contributed by atoms with Crippen LogP contribution in [0, 0.1) is 17.8 Å². The fraction of sp³-hybridized carbons (Fsp3) is 1.00. The van der Waals surface area contributed by atoms with Crippen LogP contribution in [0.2, 0.25) is 0 Å². The number of nitrogens with two attached hydrogens (primary N) is 1. The van der Waals surface area contributed by atoms with Crippen molar-refractivity contribution in [2.24, 2.45) is 23.5 Å². The molecule has 1 saturated carbocycles. The Morgan fingerprint density at radius 3 is 2.67 bits per heavy atom. The zero-order valence-corrected chi connectivity index (χ0v) is 14.4. The first kappa shape index (κ1) is 17.2. The van der Waals surface area contributed by atoms with Crippen molar-refractivity contribution < 1.29 is 4.74 Å². The van der Waals surface area contributed by atoms with Gasteiger partial charge in [0, 0.05) is 25.7 Å². The van der Waals surface area contributed by atoms with Crippen LogP contribution < -0.4 is 5.73 Å². The number of nitrogens with zero attached hydrogens (tertiary/aromatic N) is 1. The summed E-state index contributed by atoms with van der Waals surface area (Å²) < 4.78 is 5.40. The SMILES string of the molecule is COCC1CCCN(C2(CN)CCCC(C(C)C)CC2)C1. The smallest absolute Gasteiger partial charge is 0.0502 e. The van der Waals surface area contributed by atoms with Gasteiger partial charge >= 0.3 is 0 Å². The molecule has 1 heterocycles. The van der Waals surface area contributed by atoms with Gasteiger partial charge in [-0.25, -0.2) is 0 Å². The summed E-state index contributed by atoms with van der Waals surface area (Å²) in [6, 6.07) is 0. The number of rotatable bonds is 5. The summed E-state index contributed by atoms with van der Waals surface area (Å²) in [4.78, 5) is 2.74. The minimum absolute atomic E-state index is 0.274. The second-order valence-electron chi connectivity index (χ2n) is 7.77. The number of ether oxygens (including phenoxy) is 1. The average molecular weight is 296 g/mol. The molecule has 3 nitrogen and oxygen atoms in total. The lowest BCUT2D eigenvalue weighted by Gasteiger charge is -2.47. The highest BCUT2D eigenvalue weighted by atomic mass is 16.5. The molecule has 0 aromatic carbocycles. The van der Waals surface area contributed by atoms with Gasteiger partial charge in [0.2, 0.25) is 0 Å². The van der Waals surface area contributed by atoms with E-state index in [1.165, 1.54) is 58.0 Å². The second-order valence-corrected chi connectivity index (χ2v) is 7.77. The monoisotopic (exact) mass is 296 g/mol. The van der Waals surface area contributed by atoms with E-state index in [4.69, 9.17) is 10.5 Å². The van der Waals surface area contributed by atoms with Crippen LogP contribution in [0.25, 0.3) is 0 Å². The van der Waals surface area contributed by atoms with Gasteiger partial charge in [0.05, 0.1) is 6.61 Å². The molecular weight excluding hydrogens is 260 g/mol. The largest absolute Gasteiger partial charge is 0.384 e. The Kier molecular flexibility index (Phi) is 6.51. The van der Waals surface area contributed by atoms with Gasteiger partial charge in [-0.3, -0.25) is 4.90 Å². The topological polar surface area (TPSA) is 38.5 Å². The predicted octanol–water partition coefficient (Wildman–Crippen LogP) is 3.28. The number of likely N-dealkylation sites (tertiary alicyclic amines) is 1. The van der Waals surface area contributed by atoms with Gasteiger partial charge in [0.1, 0.15) is 0 Å². The lowest BCUT2D eigenvalue weighted by atomic mass is 9.83. The van der Waals surface area contributed by atoms with Crippen LogP contribution in [0.15, 0.2) is 0 Å². The lowest BCUT2D eigenvalue weighted by Crippen LogP contribution is -2.57. The number of hydrogen-bond donors (Lipinski definition) is 1. The molecule has 0 aromatic heterocycles. The number of methoxy groups -OCH3 is 1. The summed E-state index contributed by atoms with van der Waals surface area (Å²) in [6.45, 7) is 8.94. The van der Waals surface area contributed by atoms with Gasteiger partial charge in [-0.05, 0) is 56.4 Å². The average Bonchev–Trinajstić information content (AvgIpc) is 2.71. The van der Waals surface area contributed by atoms with Gasteiger partial charge in [-0.2, -0.15) is 0 Å². The summed E-state index contributed by atoms with van der Waals surface area (Å²) in [6.07, 6.45) is 9.34. The Bertz CT molecular complexity index is 306. The van der Waals surface area contributed by atoms with E-state index in [1.807, 2.05) is 7.11 Å². The Morgan fingerprint density at radius 1 is 1.19 bits per heavy atom. The molecule has 124 valence electrons. The standard InChI is InChI=1S/C18H36N2O/c1-15(2)17-7-4-9-18(14-19,10-8-17)20-11-5-6-16(12-20)13-21-3/h15-17H,4-14,19H2,1-3H3. The summed E-state index contributed by atoms with van der Waals surface area (Å²) >= 11 is 0. The van der Waals surface area contributed by atoms with Crippen LogP contribution >= 0.6 is 0 Å². The van der Waals surface area contributed by atoms with Crippen molar-refractivity contribution in [3.05, 3.63) is 0 Å². The molecule has 0 bridgehead atoms. The van der Waals surface area contributed by atoms with Crippen LogP contribution in [0.4, 0.5) is 0 Å². The predicted molar refractivity (Wildman–Crippen MR) is 89.4 cm³/mol. The molecule has 1 aliphatic carbocycles. The van der Waals surface area contributed by atoms with Crippen molar-refractivity contribution in [3.8, 4) is 0 Å².